The van der Waals surface area contributed by atoms with Gasteiger partial charge >= 0.3 is 5.97 Å². The number of nitro groups is 2. The van der Waals surface area contributed by atoms with Crippen LogP contribution in [-0.4, -0.2) is 27.6 Å². The second-order valence-corrected chi connectivity index (χ2v) is 6.91. The summed E-state index contributed by atoms with van der Waals surface area (Å²) in [4.78, 5) is 59.6. The first-order valence-corrected chi connectivity index (χ1v) is 9.45. The van der Waals surface area contributed by atoms with E-state index in [2.05, 4.69) is 0 Å². The fourth-order valence-electron chi connectivity index (χ4n) is 3.44. The quantitative estimate of drug-likeness (QED) is 0.240. The zero-order valence-corrected chi connectivity index (χ0v) is 16.7. The highest BCUT2D eigenvalue weighted by molar-refractivity contribution is 6.35. The molecule has 33 heavy (non-hydrogen) atoms. The summed E-state index contributed by atoms with van der Waals surface area (Å²) in [5.41, 5.74) is -0.600. The number of imide groups is 1. The number of nitro benzene ring substituents is 2. The van der Waals surface area contributed by atoms with Crippen LogP contribution in [0.3, 0.4) is 0 Å². The molecule has 4 rings (SSSR count). The standard InChI is InChI=1S/C22H13N3O8/c26-20-16-5-3-7-18(25(31)32)19(16)21(27)23(20)15-10-8-13(9-11-15)22(28)33-12-14-4-1-2-6-17(14)24(29)30/h1-11H,12H2. The third-order valence-electron chi connectivity index (χ3n) is 5.00. The molecule has 2 amide bonds. The SMILES string of the molecule is O=C(OCc1ccccc1[N+](=O)[O-])c1ccc(N2C(=O)c3cccc([N+](=O)[O-])c3C2=O)cc1. The van der Waals surface area contributed by atoms with Crippen LogP contribution in [0.1, 0.15) is 36.6 Å². The molecule has 0 atom stereocenters. The number of fused-ring (bicyclic) bond motifs is 1. The molecule has 0 N–H and O–H groups in total. The Bertz CT molecular complexity index is 1330. The Balaban J connectivity index is 1.52. The summed E-state index contributed by atoms with van der Waals surface area (Å²) in [5.74, 6) is -2.32. The topological polar surface area (TPSA) is 150 Å². The molecule has 0 radical (unpaired) electrons. The highest BCUT2D eigenvalue weighted by Crippen LogP contribution is 2.34. The van der Waals surface area contributed by atoms with Gasteiger partial charge in [0.25, 0.3) is 23.2 Å². The minimum absolute atomic E-state index is 0.0814. The molecule has 0 aromatic heterocycles. The molecule has 0 spiro atoms. The monoisotopic (exact) mass is 447 g/mol. The van der Waals surface area contributed by atoms with E-state index in [-0.39, 0.29) is 40.2 Å². The van der Waals surface area contributed by atoms with Crippen LogP contribution in [0.25, 0.3) is 0 Å². The van der Waals surface area contributed by atoms with Gasteiger partial charge in [0.05, 0.1) is 32.2 Å². The summed E-state index contributed by atoms with van der Waals surface area (Å²) < 4.78 is 5.14. The molecule has 0 saturated heterocycles. The van der Waals surface area contributed by atoms with Gasteiger partial charge in [-0.05, 0) is 36.4 Å². The number of amides is 2. The van der Waals surface area contributed by atoms with E-state index in [0.29, 0.717) is 0 Å². The second kappa shape index (κ2) is 8.30. The number of nitrogens with zero attached hydrogens (tertiary/aromatic N) is 3. The van der Waals surface area contributed by atoms with Crippen molar-refractivity contribution in [3.05, 3.63) is 109 Å². The van der Waals surface area contributed by atoms with Crippen molar-refractivity contribution >= 4 is 34.8 Å². The maximum absolute atomic E-state index is 12.8. The lowest BCUT2D eigenvalue weighted by atomic mass is 10.1. The maximum atomic E-state index is 12.8. The van der Waals surface area contributed by atoms with Gasteiger partial charge in [0.2, 0.25) is 0 Å². The Hall–Kier alpha value is -4.93. The minimum atomic E-state index is -0.839. The average molecular weight is 447 g/mol. The third kappa shape index (κ3) is 3.78. The Kier molecular flexibility index (Phi) is 5.36. The zero-order chi connectivity index (χ0) is 23.7. The Labute approximate surface area is 185 Å². The summed E-state index contributed by atoms with van der Waals surface area (Å²) in [7, 11) is 0. The fraction of sp³-hybridized carbons (Fsp3) is 0.0455. The van der Waals surface area contributed by atoms with Crippen molar-refractivity contribution in [2.24, 2.45) is 0 Å². The summed E-state index contributed by atoms with van der Waals surface area (Å²) in [6.07, 6.45) is 0. The molecule has 3 aromatic rings. The van der Waals surface area contributed by atoms with Crippen LogP contribution < -0.4 is 4.90 Å². The number of anilines is 1. The van der Waals surface area contributed by atoms with Crippen molar-refractivity contribution in [2.75, 3.05) is 4.90 Å². The van der Waals surface area contributed by atoms with Gasteiger partial charge in [0.15, 0.2) is 0 Å². The highest BCUT2D eigenvalue weighted by Gasteiger charge is 2.41. The summed E-state index contributed by atoms with van der Waals surface area (Å²) in [6, 6.07) is 14.9. The number of hydrogen-bond donors (Lipinski definition) is 0. The van der Waals surface area contributed by atoms with Gasteiger partial charge in [0, 0.05) is 12.1 Å². The second-order valence-electron chi connectivity index (χ2n) is 6.91. The molecule has 0 aliphatic carbocycles. The average Bonchev–Trinajstić information content (AvgIpc) is 3.07. The molecule has 0 unspecified atom stereocenters. The van der Waals surface area contributed by atoms with E-state index in [0.717, 1.165) is 11.0 Å². The first kappa shape index (κ1) is 21.3. The number of benzene rings is 3. The zero-order valence-electron chi connectivity index (χ0n) is 16.7. The van der Waals surface area contributed by atoms with Crippen molar-refractivity contribution in [2.45, 2.75) is 6.61 Å². The van der Waals surface area contributed by atoms with Gasteiger partial charge in [-0.15, -0.1) is 0 Å². The lowest BCUT2D eigenvalue weighted by molar-refractivity contribution is -0.385. The molecule has 1 heterocycles. The molecule has 0 saturated carbocycles. The van der Waals surface area contributed by atoms with Crippen LogP contribution in [0, 0.1) is 20.2 Å². The van der Waals surface area contributed by atoms with Crippen LogP contribution in [0.4, 0.5) is 17.1 Å². The minimum Gasteiger partial charge on any atom is -0.457 e. The van der Waals surface area contributed by atoms with Crippen LogP contribution in [0.5, 0.6) is 0 Å². The Morgan fingerprint density at radius 1 is 0.818 bits per heavy atom. The fourth-order valence-corrected chi connectivity index (χ4v) is 3.44. The van der Waals surface area contributed by atoms with Gasteiger partial charge < -0.3 is 4.74 Å². The number of hydrogen-bond acceptors (Lipinski definition) is 8. The normalized spacial score (nSPS) is 12.4. The maximum Gasteiger partial charge on any atom is 0.338 e. The van der Waals surface area contributed by atoms with Crippen molar-refractivity contribution in [1.82, 2.24) is 0 Å². The largest absolute Gasteiger partial charge is 0.457 e. The molecule has 1 aliphatic rings. The molecule has 1 aliphatic heterocycles. The number of ether oxygens (including phenoxy) is 1. The van der Waals surface area contributed by atoms with E-state index in [4.69, 9.17) is 4.74 Å². The number of carbonyl (C=O) groups excluding carboxylic acids is 3. The first-order valence-electron chi connectivity index (χ1n) is 9.45. The van der Waals surface area contributed by atoms with E-state index in [1.165, 1.54) is 54.6 Å². The number of para-hydroxylation sites is 1. The third-order valence-corrected chi connectivity index (χ3v) is 5.00. The summed E-state index contributed by atoms with van der Waals surface area (Å²) in [6.45, 7) is -0.320. The van der Waals surface area contributed by atoms with Crippen LogP contribution in [0.15, 0.2) is 66.7 Å². The first-order chi connectivity index (χ1) is 15.8. The predicted octanol–water partition coefficient (Wildman–Crippen LogP) is 3.66. The van der Waals surface area contributed by atoms with E-state index in [9.17, 15) is 34.6 Å². The number of rotatable bonds is 6. The number of carbonyl (C=O) groups is 3. The van der Waals surface area contributed by atoms with E-state index >= 15 is 0 Å². The molecule has 3 aromatic carbocycles. The molecular formula is C22H13N3O8. The van der Waals surface area contributed by atoms with Gasteiger partial charge in [-0.1, -0.05) is 18.2 Å². The number of esters is 1. The van der Waals surface area contributed by atoms with Gasteiger partial charge in [0.1, 0.15) is 12.2 Å². The van der Waals surface area contributed by atoms with Crippen molar-refractivity contribution < 1.29 is 29.0 Å². The van der Waals surface area contributed by atoms with Crippen molar-refractivity contribution in [1.29, 1.82) is 0 Å². The van der Waals surface area contributed by atoms with Crippen LogP contribution >= 0.6 is 0 Å². The Morgan fingerprint density at radius 2 is 1.45 bits per heavy atom. The summed E-state index contributed by atoms with van der Waals surface area (Å²) in [5, 5.41) is 22.3. The van der Waals surface area contributed by atoms with Crippen LogP contribution in [0.2, 0.25) is 0 Å². The molecule has 0 fully saturated rings. The lowest BCUT2D eigenvalue weighted by Crippen LogP contribution is -2.29. The Morgan fingerprint density at radius 3 is 2.12 bits per heavy atom. The van der Waals surface area contributed by atoms with E-state index in [1.807, 2.05) is 0 Å². The molecule has 11 nitrogen and oxygen atoms in total. The predicted molar refractivity (Wildman–Crippen MR) is 113 cm³/mol. The van der Waals surface area contributed by atoms with Gasteiger partial charge in [-0.25, -0.2) is 9.69 Å². The molecule has 164 valence electrons. The van der Waals surface area contributed by atoms with Crippen molar-refractivity contribution in [3.63, 3.8) is 0 Å². The van der Waals surface area contributed by atoms with E-state index < -0.39 is 33.3 Å². The van der Waals surface area contributed by atoms with E-state index in [1.54, 1.807) is 6.07 Å². The smallest absolute Gasteiger partial charge is 0.338 e. The van der Waals surface area contributed by atoms with Gasteiger partial charge in [-0.2, -0.15) is 0 Å². The summed E-state index contributed by atoms with van der Waals surface area (Å²) >= 11 is 0. The van der Waals surface area contributed by atoms with Crippen molar-refractivity contribution in [3.8, 4) is 0 Å². The van der Waals surface area contributed by atoms with Crippen LogP contribution in [-0.2, 0) is 11.3 Å². The van der Waals surface area contributed by atoms with Gasteiger partial charge in [-0.3, -0.25) is 29.8 Å². The molecule has 11 heteroatoms. The molecular weight excluding hydrogens is 434 g/mol. The highest BCUT2D eigenvalue weighted by atomic mass is 16.6. The molecule has 0 bridgehead atoms. The lowest BCUT2D eigenvalue weighted by Gasteiger charge is -2.14.